The minimum atomic E-state index is -0.460. The highest BCUT2D eigenvalue weighted by Crippen LogP contribution is 2.31. The molecule has 0 N–H and O–H groups in total. The van der Waals surface area contributed by atoms with Crippen LogP contribution in [0, 0.1) is 10.1 Å². The van der Waals surface area contributed by atoms with E-state index in [0.29, 0.717) is 29.5 Å². The summed E-state index contributed by atoms with van der Waals surface area (Å²) in [6.45, 7) is 1.12. The Morgan fingerprint density at radius 1 is 1.23 bits per heavy atom. The zero-order chi connectivity index (χ0) is 21.7. The molecule has 0 spiro atoms. The summed E-state index contributed by atoms with van der Waals surface area (Å²) in [4.78, 5) is 31.7. The largest absolute Gasteiger partial charge is 0.497 e. The summed E-state index contributed by atoms with van der Waals surface area (Å²) >= 11 is 1.43. The van der Waals surface area contributed by atoms with Gasteiger partial charge in [0.1, 0.15) is 5.75 Å². The number of benzene rings is 2. The van der Waals surface area contributed by atoms with Crippen LogP contribution in [0.25, 0.3) is 16.3 Å². The molecule has 9 heteroatoms. The van der Waals surface area contributed by atoms with Gasteiger partial charge in [-0.25, -0.2) is 4.98 Å². The van der Waals surface area contributed by atoms with Crippen LogP contribution in [-0.2, 0) is 4.79 Å². The highest BCUT2D eigenvalue weighted by atomic mass is 32.1. The first kappa shape index (κ1) is 21.4. The van der Waals surface area contributed by atoms with Gasteiger partial charge < -0.3 is 9.64 Å². The van der Waals surface area contributed by atoms with Crippen LogP contribution in [0.2, 0.25) is 0 Å². The quantitative estimate of drug-likeness (QED) is 0.309. The number of hydrogen-bond acceptors (Lipinski definition) is 7. The number of rotatable bonds is 8. The predicted octanol–water partition coefficient (Wildman–Crippen LogP) is 3.82. The number of carbonyl (C=O) groups is 1. The third-order valence-electron chi connectivity index (χ3n) is 4.35. The first-order chi connectivity index (χ1) is 14.4. The standard InChI is InChI=1S/C21H22N4O4S/c1-23(2)11-12-24(21-22-18-14-17(29-3)8-9-19(18)30-21)20(26)10-7-15-5-4-6-16(13-15)25(27)28/h4-10,13-14H,11-12H2,1-3H3. The van der Waals surface area contributed by atoms with Crippen molar-refractivity contribution in [1.29, 1.82) is 0 Å². The van der Waals surface area contributed by atoms with E-state index in [4.69, 9.17) is 4.74 Å². The lowest BCUT2D eigenvalue weighted by Gasteiger charge is -2.20. The van der Waals surface area contributed by atoms with E-state index in [2.05, 4.69) is 4.98 Å². The second-order valence-corrected chi connectivity index (χ2v) is 7.82. The molecule has 156 valence electrons. The number of anilines is 1. The van der Waals surface area contributed by atoms with Crippen LogP contribution in [0.4, 0.5) is 10.8 Å². The van der Waals surface area contributed by atoms with Crippen LogP contribution < -0.4 is 9.64 Å². The average Bonchev–Trinajstić information content (AvgIpc) is 3.15. The van der Waals surface area contributed by atoms with E-state index in [0.717, 1.165) is 10.2 Å². The van der Waals surface area contributed by atoms with Crippen molar-refractivity contribution in [3.63, 3.8) is 0 Å². The molecule has 0 fully saturated rings. The lowest BCUT2D eigenvalue weighted by molar-refractivity contribution is -0.384. The van der Waals surface area contributed by atoms with Gasteiger partial charge in [0.2, 0.25) is 0 Å². The minimum absolute atomic E-state index is 0.0193. The smallest absolute Gasteiger partial charge is 0.270 e. The number of nitro benzene ring substituents is 1. The number of aromatic nitrogens is 1. The third-order valence-corrected chi connectivity index (χ3v) is 5.41. The summed E-state index contributed by atoms with van der Waals surface area (Å²) < 4.78 is 6.21. The molecule has 0 saturated carbocycles. The van der Waals surface area contributed by atoms with E-state index in [-0.39, 0.29) is 11.6 Å². The first-order valence-electron chi connectivity index (χ1n) is 9.20. The van der Waals surface area contributed by atoms with Gasteiger partial charge in [0.25, 0.3) is 11.6 Å². The molecule has 0 aliphatic carbocycles. The lowest BCUT2D eigenvalue weighted by Crippen LogP contribution is -2.35. The monoisotopic (exact) mass is 426 g/mol. The molecule has 0 bridgehead atoms. The highest BCUT2D eigenvalue weighted by Gasteiger charge is 2.18. The average molecular weight is 426 g/mol. The summed E-state index contributed by atoms with van der Waals surface area (Å²) in [6, 6.07) is 11.8. The Labute approximate surface area is 178 Å². The molecule has 1 aromatic heterocycles. The number of nitrogens with zero attached hydrogens (tertiary/aromatic N) is 4. The molecule has 3 aromatic rings. The van der Waals surface area contributed by atoms with Crippen LogP contribution in [-0.4, -0.2) is 55.0 Å². The van der Waals surface area contributed by atoms with Crippen molar-refractivity contribution in [2.45, 2.75) is 0 Å². The maximum atomic E-state index is 13.0. The van der Waals surface area contributed by atoms with E-state index in [1.165, 1.54) is 29.5 Å². The van der Waals surface area contributed by atoms with Crippen LogP contribution >= 0.6 is 11.3 Å². The van der Waals surface area contributed by atoms with E-state index in [1.807, 2.05) is 37.2 Å². The Bertz CT molecular complexity index is 1090. The lowest BCUT2D eigenvalue weighted by atomic mass is 10.2. The summed E-state index contributed by atoms with van der Waals surface area (Å²) in [5.74, 6) is 0.463. The van der Waals surface area contributed by atoms with Crippen LogP contribution in [0.15, 0.2) is 48.5 Å². The number of hydrogen-bond donors (Lipinski definition) is 0. The second kappa shape index (κ2) is 9.47. The molecule has 1 amide bonds. The third kappa shape index (κ3) is 5.19. The van der Waals surface area contributed by atoms with Gasteiger partial charge in [0.15, 0.2) is 5.13 Å². The number of amides is 1. The molecule has 0 unspecified atom stereocenters. The van der Waals surface area contributed by atoms with Crippen molar-refractivity contribution in [3.05, 3.63) is 64.2 Å². The second-order valence-electron chi connectivity index (χ2n) is 6.81. The summed E-state index contributed by atoms with van der Waals surface area (Å²) in [6.07, 6.45) is 3.00. The molecule has 1 heterocycles. The zero-order valence-electron chi connectivity index (χ0n) is 16.9. The Morgan fingerprint density at radius 2 is 2.03 bits per heavy atom. The van der Waals surface area contributed by atoms with Crippen molar-refractivity contribution in [1.82, 2.24) is 9.88 Å². The van der Waals surface area contributed by atoms with Crippen molar-refractivity contribution in [2.24, 2.45) is 0 Å². The molecule has 30 heavy (non-hydrogen) atoms. The van der Waals surface area contributed by atoms with E-state index >= 15 is 0 Å². The van der Waals surface area contributed by atoms with Gasteiger partial charge in [0, 0.05) is 37.4 Å². The van der Waals surface area contributed by atoms with Gasteiger partial charge in [-0.3, -0.25) is 19.8 Å². The number of ether oxygens (including phenoxy) is 1. The predicted molar refractivity (Wildman–Crippen MR) is 119 cm³/mol. The van der Waals surface area contributed by atoms with E-state index in [9.17, 15) is 14.9 Å². The van der Waals surface area contributed by atoms with Gasteiger partial charge in [-0.05, 0) is 37.9 Å². The van der Waals surface area contributed by atoms with Crippen LogP contribution in [0.5, 0.6) is 5.75 Å². The maximum absolute atomic E-state index is 13.0. The Morgan fingerprint density at radius 3 is 2.73 bits per heavy atom. The SMILES string of the molecule is COc1ccc2sc(N(CCN(C)C)C(=O)C=Cc3cccc([N+](=O)[O-])c3)nc2c1. The van der Waals surface area contributed by atoms with Gasteiger partial charge >= 0.3 is 0 Å². The molecule has 0 aliphatic rings. The molecular weight excluding hydrogens is 404 g/mol. The number of thiazole rings is 1. The fourth-order valence-electron chi connectivity index (χ4n) is 2.74. The van der Waals surface area contributed by atoms with Gasteiger partial charge in [0.05, 0.1) is 22.2 Å². The summed E-state index contributed by atoms with van der Waals surface area (Å²) in [7, 11) is 5.47. The molecular formula is C21H22N4O4S. The zero-order valence-corrected chi connectivity index (χ0v) is 17.8. The fraction of sp³-hybridized carbons (Fsp3) is 0.238. The number of nitro groups is 1. The molecule has 2 aromatic carbocycles. The molecule has 0 atom stereocenters. The van der Waals surface area contributed by atoms with Gasteiger partial charge in [-0.15, -0.1) is 0 Å². The van der Waals surface area contributed by atoms with Crippen LogP contribution in [0.3, 0.4) is 0 Å². The Kier molecular flexibility index (Phi) is 6.76. The number of likely N-dealkylation sites (N-methyl/N-ethyl adjacent to an activating group) is 1. The number of carbonyl (C=O) groups excluding carboxylic acids is 1. The highest BCUT2D eigenvalue weighted by molar-refractivity contribution is 7.22. The Balaban J connectivity index is 1.88. The van der Waals surface area contributed by atoms with Crippen molar-refractivity contribution >= 4 is 44.4 Å². The summed E-state index contributed by atoms with van der Waals surface area (Å²) in [5.41, 5.74) is 1.33. The van der Waals surface area contributed by atoms with E-state index < -0.39 is 4.92 Å². The van der Waals surface area contributed by atoms with E-state index in [1.54, 1.807) is 30.2 Å². The fourth-order valence-corrected chi connectivity index (χ4v) is 3.71. The number of non-ortho nitro benzene ring substituents is 1. The number of fused-ring (bicyclic) bond motifs is 1. The van der Waals surface area contributed by atoms with Gasteiger partial charge in [-0.2, -0.15) is 0 Å². The minimum Gasteiger partial charge on any atom is -0.497 e. The maximum Gasteiger partial charge on any atom is 0.270 e. The Hall–Kier alpha value is -3.30. The first-order valence-corrected chi connectivity index (χ1v) is 10.0. The van der Waals surface area contributed by atoms with Gasteiger partial charge in [-0.1, -0.05) is 23.5 Å². The topological polar surface area (TPSA) is 88.8 Å². The summed E-state index contributed by atoms with van der Waals surface area (Å²) in [5, 5.41) is 11.5. The van der Waals surface area contributed by atoms with Crippen molar-refractivity contribution in [3.8, 4) is 5.75 Å². The molecule has 8 nitrogen and oxygen atoms in total. The molecule has 0 radical (unpaired) electrons. The van der Waals surface area contributed by atoms with Crippen molar-refractivity contribution < 1.29 is 14.5 Å². The van der Waals surface area contributed by atoms with Crippen LogP contribution in [0.1, 0.15) is 5.56 Å². The molecule has 0 saturated heterocycles. The normalized spacial score (nSPS) is 11.3. The molecule has 0 aliphatic heterocycles. The van der Waals surface area contributed by atoms with Crippen molar-refractivity contribution in [2.75, 3.05) is 39.2 Å². The molecule has 3 rings (SSSR count). The number of methoxy groups -OCH3 is 1.